The lowest BCUT2D eigenvalue weighted by Crippen LogP contribution is -2.14. The molecular weight excluding hydrogens is 282 g/mol. The molecule has 1 aromatic heterocycles. The predicted octanol–water partition coefficient (Wildman–Crippen LogP) is 2.30. The number of nitrogens with one attached hydrogen (secondary N) is 1. The molecule has 17 heavy (non-hydrogen) atoms. The largest absolute Gasteiger partial charge is 0.264 e. The highest BCUT2D eigenvalue weighted by Gasteiger charge is 2.18. The molecule has 5 nitrogen and oxygen atoms in total. The summed E-state index contributed by atoms with van der Waals surface area (Å²) in [4.78, 5) is 0.139. The van der Waals surface area contributed by atoms with E-state index in [1.807, 2.05) is 0 Å². The van der Waals surface area contributed by atoms with E-state index in [0.29, 0.717) is 10.6 Å². The van der Waals surface area contributed by atoms with Gasteiger partial charge in [-0.05, 0) is 24.6 Å². The van der Waals surface area contributed by atoms with Gasteiger partial charge >= 0.3 is 0 Å². The molecule has 0 saturated heterocycles. The smallest absolute Gasteiger partial charge is 0.253 e. The molecule has 2 rings (SSSR count). The molecule has 8 heteroatoms. The second-order valence-corrected chi connectivity index (χ2v) is 6.18. The molecule has 90 valence electrons. The summed E-state index contributed by atoms with van der Waals surface area (Å²) < 4.78 is 26.4. The first-order valence-corrected chi connectivity index (χ1v) is 7.28. The van der Waals surface area contributed by atoms with Crippen LogP contribution in [0.4, 0.5) is 5.13 Å². The highest BCUT2D eigenvalue weighted by Crippen LogP contribution is 2.23. The first-order chi connectivity index (χ1) is 7.99. The fraction of sp³-hybridized carbons (Fsp3) is 0.111. The summed E-state index contributed by atoms with van der Waals surface area (Å²) in [5.41, 5.74) is 2.06. The summed E-state index contributed by atoms with van der Waals surface area (Å²) in [6, 6.07) is 4.69. The summed E-state index contributed by atoms with van der Waals surface area (Å²) in [7, 11) is -3.66. The third-order valence-corrected chi connectivity index (χ3v) is 4.47. The van der Waals surface area contributed by atoms with Gasteiger partial charge in [0.2, 0.25) is 5.13 Å². The molecule has 0 aliphatic heterocycles. The van der Waals surface area contributed by atoms with Gasteiger partial charge in [-0.2, -0.15) is 0 Å². The highest BCUT2D eigenvalue weighted by atomic mass is 35.5. The van der Waals surface area contributed by atoms with Gasteiger partial charge in [0.25, 0.3) is 10.0 Å². The Balaban J connectivity index is 2.41. The van der Waals surface area contributed by atoms with Gasteiger partial charge in [-0.1, -0.05) is 29.0 Å². The van der Waals surface area contributed by atoms with Gasteiger partial charge in [0.05, 0.1) is 4.90 Å². The monoisotopic (exact) mass is 289 g/mol. The maximum Gasteiger partial charge on any atom is 0.264 e. The van der Waals surface area contributed by atoms with Gasteiger partial charge in [0.1, 0.15) is 5.51 Å². The zero-order chi connectivity index (χ0) is 12.5. The quantitative estimate of drug-likeness (QED) is 0.941. The number of hydrogen-bond acceptors (Lipinski definition) is 5. The summed E-state index contributed by atoms with van der Waals surface area (Å²) in [6.07, 6.45) is 0. The fourth-order valence-electron chi connectivity index (χ4n) is 1.25. The number of sulfonamides is 1. The van der Waals surface area contributed by atoms with Crippen LogP contribution in [0.15, 0.2) is 28.6 Å². The summed E-state index contributed by atoms with van der Waals surface area (Å²) in [5, 5.41) is 7.77. The maximum atomic E-state index is 12.0. The van der Waals surface area contributed by atoms with E-state index in [-0.39, 0.29) is 10.0 Å². The molecule has 0 aliphatic rings. The summed E-state index contributed by atoms with van der Waals surface area (Å²) in [6.45, 7) is 1.70. The molecule has 0 saturated carbocycles. The SMILES string of the molecule is Cc1ccc(Cl)cc1S(=O)(=O)Nc1nncs1. The zero-order valence-corrected chi connectivity index (χ0v) is 11.1. The van der Waals surface area contributed by atoms with Crippen molar-refractivity contribution in [2.24, 2.45) is 0 Å². The molecule has 0 fully saturated rings. The predicted molar refractivity (Wildman–Crippen MR) is 66.9 cm³/mol. The Kier molecular flexibility index (Phi) is 3.32. The van der Waals surface area contributed by atoms with E-state index in [9.17, 15) is 8.42 Å². The lowest BCUT2D eigenvalue weighted by atomic mass is 10.2. The zero-order valence-electron chi connectivity index (χ0n) is 8.71. The number of rotatable bonds is 3. The molecule has 0 unspecified atom stereocenters. The molecular formula is C9H8ClN3O2S2. The fourth-order valence-corrected chi connectivity index (χ4v) is 3.45. The molecule has 1 aromatic carbocycles. The molecule has 0 spiro atoms. The maximum absolute atomic E-state index is 12.0. The van der Waals surface area contributed by atoms with E-state index in [0.717, 1.165) is 11.3 Å². The number of hydrogen-bond donors (Lipinski definition) is 1. The number of aromatic nitrogens is 2. The average molecular weight is 290 g/mol. The first kappa shape index (κ1) is 12.3. The molecule has 0 radical (unpaired) electrons. The van der Waals surface area contributed by atoms with Gasteiger partial charge in [0, 0.05) is 5.02 Å². The topological polar surface area (TPSA) is 72.0 Å². The van der Waals surface area contributed by atoms with Gasteiger partial charge in [-0.15, -0.1) is 10.2 Å². The molecule has 0 amide bonds. The normalized spacial score (nSPS) is 11.4. The molecule has 2 aromatic rings. The van der Waals surface area contributed by atoms with Crippen molar-refractivity contribution in [2.75, 3.05) is 4.72 Å². The number of nitrogens with zero attached hydrogens (tertiary/aromatic N) is 2. The van der Waals surface area contributed by atoms with Crippen molar-refractivity contribution in [3.05, 3.63) is 34.3 Å². The van der Waals surface area contributed by atoms with Crippen molar-refractivity contribution in [1.29, 1.82) is 0 Å². The van der Waals surface area contributed by atoms with Crippen molar-refractivity contribution in [2.45, 2.75) is 11.8 Å². The van der Waals surface area contributed by atoms with Crippen LogP contribution in [-0.4, -0.2) is 18.6 Å². The van der Waals surface area contributed by atoms with Crippen molar-refractivity contribution in [3.63, 3.8) is 0 Å². The minimum Gasteiger partial charge on any atom is -0.253 e. The average Bonchev–Trinajstić information content (AvgIpc) is 2.73. The summed E-state index contributed by atoms with van der Waals surface area (Å²) >= 11 is 6.90. The Morgan fingerprint density at radius 1 is 1.41 bits per heavy atom. The van der Waals surface area contributed by atoms with Crippen molar-refractivity contribution >= 4 is 38.1 Å². The third-order valence-electron chi connectivity index (χ3n) is 2.02. The van der Waals surface area contributed by atoms with E-state index in [1.54, 1.807) is 19.1 Å². The Morgan fingerprint density at radius 3 is 2.82 bits per heavy atom. The van der Waals surface area contributed by atoms with Crippen LogP contribution in [-0.2, 0) is 10.0 Å². The molecule has 1 N–H and O–H groups in total. The van der Waals surface area contributed by atoms with Crippen LogP contribution in [0.5, 0.6) is 0 Å². The Morgan fingerprint density at radius 2 is 2.18 bits per heavy atom. The van der Waals surface area contributed by atoms with Crippen LogP contribution in [0.3, 0.4) is 0 Å². The standard InChI is InChI=1S/C9H8ClN3O2S2/c1-6-2-3-7(10)4-8(6)17(14,15)13-9-12-11-5-16-9/h2-5H,1H3,(H,12,13). The minimum absolute atomic E-state index is 0.139. The first-order valence-electron chi connectivity index (χ1n) is 4.54. The highest BCUT2D eigenvalue weighted by molar-refractivity contribution is 7.93. The van der Waals surface area contributed by atoms with Crippen molar-refractivity contribution < 1.29 is 8.42 Å². The molecule has 0 bridgehead atoms. The Bertz CT molecular complexity index is 626. The van der Waals surface area contributed by atoms with Gasteiger partial charge in [-0.3, -0.25) is 4.72 Å². The summed E-state index contributed by atoms with van der Waals surface area (Å²) in [5.74, 6) is 0. The van der Waals surface area contributed by atoms with E-state index >= 15 is 0 Å². The number of aryl methyl sites for hydroxylation is 1. The molecule has 1 heterocycles. The lowest BCUT2D eigenvalue weighted by Gasteiger charge is -2.07. The van der Waals surface area contributed by atoms with Crippen LogP contribution < -0.4 is 4.72 Å². The minimum atomic E-state index is -3.66. The van der Waals surface area contributed by atoms with Crippen molar-refractivity contribution in [3.8, 4) is 0 Å². The van der Waals surface area contributed by atoms with Gasteiger partial charge < -0.3 is 0 Å². The van der Waals surface area contributed by atoms with Crippen LogP contribution in [0.1, 0.15) is 5.56 Å². The lowest BCUT2D eigenvalue weighted by molar-refractivity contribution is 0.600. The van der Waals surface area contributed by atoms with Crippen LogP contribution in [0, 0.1) is 6.92 Å². The molecule has 0 aliphatic carbocycles. The van der Waals surface area contributed by atoms with Crippen LogP contribution in [0.2, 0.25) is 5.02 Å². The van der Waals surface area contributed by atoms with Crippen LogP contribution >= 0.6 is 22.9 Å². The van der Waals surface area contributed by atoms with E-state index < -0.39 is 10.0 Å². The van der Waals surface area contributed by atoms with Gasteiger partial charge in [-0.25, -0.2) is 8.42 Å². The van der Waals surface area contributed by atoms with E-state index in [4.69, 9.17) is 11.6 Å². The second kappa shape index (κ2) is 4.59. The Labute approximate surface area is 108 Å². The second-order valence-electron chi connectivity index (χ2n) is 3.26. The van der Waals surface area contributed by atoms with Crippen molar-refractivity contribution in [1.82, 2.24) is 10.2 Å². The van der Waals surface area contributed by atoms with E-state index in [2.05, 4.69) is 14.9 Å². The number of halogens is 1. The van der Waals surface area contributed by atoms with Gasteiger partial charge in [0.15, 0.2) is 0 Å². The molecule has 0 atom stereocenters. The number of anilines is 1. The van der Waals surface area contributed by atoms with Crippen LogP contribution in [0.25, 0.3) is 0 Å². The Hall–Kier alpha value is -1.18. The number of benzene rings is 1. The van der Waals surface area contributed by atoms with E-state index in [1.165, 1.54) is 11.6 Å². The third kappa shape index (κ3) is 2.74.